The molecule has 4 rings (SSSR count). The highest BCUT2D eigenvalue weighted by atomic mass is 15.3. The van der Waals surface area contributed by atoms with E-state index in [9.17, 15) is 0 Å². The van der Waals surface area contributed by atoms with Gasteiger partial charge in [-0.2, -0.15) is 5.10 Å². The monoisotopic (exact) mass is 338 g/mol. The average molecular weight is 338 g/mol. The Hall–Kier alpha value is -2.18. The minimum absolute atomic E-state index is 0.429. The fraction of sp³-hybridized carbons (Fsp3) is 0.474. The molecule has 1 saturated heterocycles. The van der Waals surface area contributed by atoms with Crippen LogP contribution in [-0.4, -0.2) is 44.2 Å². The number of hydrogen-bond donors (Lipinski definition) is 1. The van der Waals surface area contributed by atoms with Crippen molar-refractivity contribution in [3.63, 3.8) is 0 Å². The largest absolute Gasteiger partial charge is 0.311 e. The molecule has 1 aliphatic rings. The van der Waals surface area contributed by atoms with Crippen LogP contribution in [0.2, 0.25) is 0 Å². The SMILES string of the molecule is CN1CCC[C@@H](CNCc2cccc3nccn23)[C@@H]1c1ccnn1C. The molecule has 0 spiro atoms. The van der Waals surface area contributed by atoms with E-state index >= 15 is 0 Å². The summed E-state index contributed by atoms with van der Waals surface area (Å²) >= 11 is 0. The number of nitrogens with zero attached hydrogens (tertiary/aromatic N) is 5. The van der Waals surface area contributed by atoms with Gasteiger partial charge in [-0.1, -0.05) is 6.07 Å². The lowest BCUT2D eigenvalue weighted by atomic mass is 9.87. The second kappa shape index (κ2) is 6.98. The van der Waals surface area contributed by atoms with E-state index in [0.29, 0.717) is 12.0 Å². The minimum atomic E-state index is 0.429. The molecule has 3 aromatic heterocycles. The molecule has 0 amide bonds. The lowest BCUT2D eigenvalue weighted by Gasteiger charge is -2.39. The predicted molar refractivity (Wildman–Crippen MR) is 98.2 cm³/mol. The summed E-state index contributed by atoms with van der Waals surface area (Å²) in [7, 11) is 4.28. The molecule has 0 bridgehead atoms. The first-order valence-corrected chi connectivity index (χ1v) is 9.04. The van der Waals surface area contributed by atoms with E-state index in [-0.39, 0.29) is 0 Å². The molecule has 0 aliphatic carbocycles. The number of imidazole rings is 1. The number of rotatable bonds is 5. The van der Waals surface area contributed by atoms with Crippen molar-refractivity contribution in [2.75, 3.05) is 20.1 Å². The lowest BCUT2D eigenvalue weighted by molar-refractivity contribution is 0.112. The van der Waals surface area contributed by atoms with E-state index in [4.69, 9.17) is 0 Å². The van der Waals surface area contributed by atoms with Crippen LogP contribution in [0.1, 0.15) is 30.3 Å². The summed E-state index contributed by atoms with van der Waals surface area (Å²) in [6.45, 7) is 3.01. The number of pyridine rings is 1. The maximum atomic E-state index is 4.38. The van der Waals surface area contributed by atoms with E-state index in [2.05, 4.69) is 49.9 Å². The molecular weight excluding hydrogens is 312 g/mol. The summed E-state index contributed by atoms with van der Waals surface area (Å²) in [6, 6.07) is 8.86. The molecule has 1 N–H and O–H groups in total. The second-order valence-corrected chi connectivity index (χ2v) is 7.01. The maximum Gasteiger partial charge on any atom is 0.136 e. The molecule has 1 aliphatic heterocycles. The van der Waals surface area contributed by atoms with Gasteiger partial charge in [-0.3, -0.25) is 9.58 Å². The van der Waals surface area contributed by atoms with Gasteiger partial charge < -0.3 is 9.72 Å². The molecule has 0 saturated carbocycles. The normalized spacial score (nSPS) is 21.8. The van der Waals surface area contributed by atoms with Crippen molar-refractivity contribution in [3.8, 4) is 0 Å². The molecule has 0 aromatic carbocycles. The number of aromatic nitrogens is 4. The Morgan fingerprint density at radius 1 is 1.20 bits per heavy atom. The highest BCUT2D eigenvalue weighted by molar-refractivity contribution is 5.39. The van der Waals surface area contributed by atoms with Gasteiger partial charge in [0.15, 0.2) is 0 Å². The third kappa shape index (κ3) is 3.19. The standard InChI is InChI=1S/C19H26N6/c1-23-11-4-5-15(19(23)17-8-9-22-24(17)2)13-20-14-16-6-3-7-18-21-10-12-25(16)18/h3,6-10,12,15,19-20H,4-5,11,13-14H2,1-2H3/t15-,19+/m0/s1. The van der Waals surface area contributed by atoms with Crippen LogP contribution in [0.15, 0.2) is 42.9 Å². The van der Waals surface area contributed by atoms with Crippen LogP contribution in [0.5, 0.6) is 0 Å². The second-order valence-electron chi connectivity index (χ2n) is 7.01. The first-order valence-electron chi connectivity index (χ1n) is 9.04. The Morgan fingerprint density at radius 2 is 2.12 bits per heavy atom. The van der Waals surface area contributed by atoms with Crippen molar-refractivity contribution in [3.05, 3.63) is 54.2 Å². The Bertz CT molecular complexity index is 835. The van der Waals surface area contributed by atoms with Crippen LogP contribution in [0, 0.1) is 5.92 Å². The van der Waals surface area contributed by atoms with Crippen molar-refractivity contribution >= 4 is 5.65 Å². The van der Waals surface area contributed by atoms with Crippen molar-refractivity contribution in [2.45, 2.75) is 25.4 Å². The highest BCUT2D eigenvalue weighted by Crippen LogP contribution is 2.34. The van der Waals surface area contributed by atoms with Gasteiger partial charge >= 0.3 is 0 Å². The minimum Gasteiger partial charge on any atom is -0.311 e. The van der Waals surface area contributed by atoms with E-state index in [1.54, 1.807) is 0 Å². The van der Waals surface area contributed by atoms with Gasteiger partial charge in [0.25, 0.3) is 0 Å². The zero-order chi connectivity index (χ0) is 17.2. The molecule has 3 aromatic rings. The molecule has 25 heavy (non-hydrogen) atoms. The summed E-state index contributed by atoms with van der Waals surface area (Å²) in [5.74, 6) is 0.594. The first kappa shape index (κ1) is 16.3. The van der Waals surface area contributed by atoms with E-state index in [1.807, 2.05) is 36.4 Å². The van der Waals surface area contributed by atoms with Crippen molar-refractivity contribution in [1.29, 1.82) is 0 Å². The van der Waals surface area contributed by atoms with Crippen molar-refractivity contribution < 1.29 is 0 Å². The van der Waals surface area contributed by atoms with Crippen LogP contribution < -0.4 is 5.32 Å². The number of piperidine rings is 1. The molecule has 6 heteroatoms. The molecular formula is C19H26N6. The fourth-order valence-electron chi connectivity index (χ4n) is 4.15. The average Bonchev–Trinajstić information content (AvgIpc) is 3.24. The Morgan fingerprint density at radius 3 is 2.96 bits per heavy atom. The summed E-state index contributed by atoms with van der Waals surface area (Å²) in [4.78, 5) is 6.84. The highest BCUT2D eigenvalue weighted by Gasteiger charge is 2.31. The molecule has 1 fully saturated rings. The quantitative estimate of drug-likeness (QED) is 0.775. The summed E-state index contributed by atoms with van der Waals surface area (Å²) in [5, 5.41) is 8.06. The van der Waals surface area contributed by atoms with Crippen LogP contribution in [0.3, 0.4) is 0 Å². The van der Waals surface area contributed by atoms with E-state index in [1.165, 1.54) is 24.2 Å². The van der Waals surface area contributed by atoms with Gasteiger partial charge in [0.2, 0.25) is 0 Å². The zero-order valence-electron chi connectivity index (χ0n) is 15.0. The number of nitrogens with one attached hydrogen (secondary N) is 1. The van der Waals surface area contributed by atoms with Gasteiger partial charge in [0.1, 0.15) is 5.65 Å². The molecule has 0 unspecified atom stereocenters. The Kier molecular flexibility index (Phi) is 4.55. The number of hydrogen-bond acceptors (Lipinski definition) is 4. The Labute approximate surface area is 148 Å². The van der Waals surface area contributed by atoms with Crippen LogP contribution in [0.25, 0.3) is 5.65 Å². The van der Waals surface area contributed by atoms with Gasteiger partial charge in [0.05, 0.1) is 11.7 Å². The number of fused-ring (bicyclic) bond motifs is 1. The zero-order valence-corrected chi connectivity index (χ0v) is 15.0. The molecule has 4 heterocycles. The third-order valence-corrected chi connectivity index (χ3v) is 5.39. The third-order valence-electron chi connectivity index (χ3n) is 5.39. The number of aryl methyl sites for hydroxylation is 1. The molecule has 2 atom stereocenters. The van der Waals surface area contributed by atoms with E-state index in [0.717, 1.165) is 25.3 Å². The predicted octanol–water partition coefficient (Wildman–Crippen LogP) is 2.24. The van der Waals surface area contributed by atoms with Gasteiger partial charge in [-0.25, -0.2) is 4.98 Å². The van der Waals surface area contributed by atoms with Crippen molar-refractivity contribution in [2.24, 2.45) is 13.0 Å². The summed E-state index contributed by atoms with van der Waals surface area (Å²) < 4.78 is 4.17. The smallest absolute Gasteiger partial charge is 0.136 e. The lowest BCUT2D eigenvalue weighted by Crippen LogP contribution is -2.41. The van der Waals surface area contributed by atoms with Gasteiger partial charge in [0, 0.05) is 44.4 Å². The summed E-state index contributed by atoms with van der Waals surface area (Å²) in [6.07, 6.45) is 8.30. The first-order chi connectivity index (χ1) is 12.2. The molecule has 0 radical (unpaired) electrons. The van der Waals surface area contributed by atoms with Gasteiger partial charge in [-0.15, -0.1) is 0 Å². The molecule has 6 nitrogen and oxygen atoms in total. The van der Waals surface area contributed by atoms with Crippen molar-refractivity contribution in [1.82, 2.24) is 29.4 Å². The van der Waals surface area contributed by atoms with Crippen LogP contribution in [-0.2, 0) is 13.6 Å². The fourth-order valence-corrected chi connectivity index (χ4v) is 4.15. The Balaban J connectivity index is 1.45. The van der Waals surface area contributed by atoms with Crippen LogP contribution in [0.4, 0.5) is 0 Å². The maximum absolute atomic E-state index is 4.38. The summed E-state index contributed by atoms with van der Waals surface area (Å²) in [5.41, 5.74) is 3.56. The molecule has 132 valence electrons. The van der Waals surface area contributed by atoms with Gasteiger partial charge in [-0.05, 0) is 50.6 Å². The topological polar surface area (TPSA) is 50.4 Å². The van der Waals surface area contributed by atoms with Crippen LogP contribution >= 0.6 is 0 Å². The van der Waals surface area contributed by atoms with E-state index < -0.39 is 0 Å². The number of likely N-dealkylation sites (tertiary alicyclic amines) is 1.